The standard InChI is InChI=1S/C16H25N5.C16H22N5.C16H23N4O2.7ClH.3Co.2I3/c2*17-13-15-1-3-16(4-2-15)14-21-11-9-19-7-5-18-6-8-20-10-12-21;21-16(22)15-3-1-14(2-4-15)13-20-11-9-18-7-5-17-6-8-19-10-12-20;;;;;;;;;;;2*1-3-2/h1-4,18-20H,5-12,14H2;1-4H,5-12,14H2;1-4H,5-13H2,(H,21,22);7*1H;;;;;/q;2*-3;;;;;;;;3*+2;2*-1/p-6. The van der Waals surface area contributed by atoms with E-state index >= 15 is 0 Å². The van der Waals surface area contributed by atoms with Crippen LogP contribution in [0.4, 0.5) is 0 Å². The maximum atomic E-state index is 10.9. The fraction of sp³-hybridized carbons (Fsp3) is 0.562. The summed E-state index contributed by atoms with van der Waals surface area (Å²) in [5.74, 6) is -0.888. The molecular weight excluding hydrogens is 1990 g/mol. The molecule has 32 heteroatoms. The molecule has 3 heterocycles. The molecule has 4 N–H and O–H groups in total. The normalized spacial score (nSPS) is 16.7. The number of carbonyl (C=O) groups is 1. The topological polar surface area (TPSA) is 215 Å². The van der Waals surface area contributed by atoms with E-state index in [9.17, 15) is 4.79 Å². The van der Waals surface area contributed by atoms with Crippen molar-refractivity contribution in [2.24, 2.45) is 0 Å². The van der Waals surface area contributed by atoms with Gasteiger partial charge in [-0.05, 0) is 79.3 Å². The molecular formula is C48H71Cl7Co3I6N14O2-8. The molecule has 0 aliphatic carbocycles. The summed E-state index contributed by atoms with van der Waals surface area (Å²) in [7, 11) is 28.4. The number of nitrogens with one attached hydrogen (secondary N) is 3. The van der Waals surface area contributed by atoms with E-state index in [1.807, 2.05) is 48.5 Å². The van der Waals surface area contributed by atoms with Crippen molar-refractivity contribution in [1.82, 2.24) is 30.7 Å². The molecule has 80 heavy (non-hydrogen) atoms. The van der Waals surface area contributed by atoms with Gasteiger partial charge in [0.15, 0.2) is 0 Å². The SMILES string of the molecule is Cl.I[I-]I.I[I-]I.N#Cc1ccc(CN2CCNCCNCCNCC2)cc1.N#Cc1ccc(CN2CC[N-]CC[N-]CC[N-]CC2)cc1.O=C(O)c1ccc(CN2CC[N-]CC[N-]CC[N-]CC2)cc1.[Cl][Co][Cl].[Cl][Co][Cl].[Cl][Co][Cl]. The second-order valence-corrected chi connectivity index (χ2v) is 53.6. The number of nitriles is 2. The molecule has 0 atom stereocenters. The van der Waals surface area contributed by atoms with Gasteiger partial charge < -0.3 is 62.8 Å². The summed E-state index contributed by atoms with van der Waals surface area (Å²) in [4.78, 5) is 18.0. The minimum atomic E-state index is -0.888. The molecule has 0 bridgehead atoms. The van der Waals surface area contributed by atoms with Crippen molar-refractivity contribution in [3.05, 3.63) is 138 Å². The summed E-state index contributed by atoms with van der Waals surface area (Å²) in [5, 5.41) is 63.7. The van der Waals surface area contributed by atoms with Crippen molar-refractivity contribution in [2.75, 3.05) is 157 Å². The van der Waals surface area contributed by atoms with Gasteiger partial charge in [0, 0.05) is 72.0 Å². The quantitative estimate of drug-likeness (QED) is 0.177. The fourth-order valence-electron chi connectivity index (χ4n) is 6.99. The van der Waals surface area contributed by atoms with E-state index in [-0.39, 0.29) is 12.4 Å². The summed E-state index contributed by atoms with van der Waals surface area (Å²) < 4.78 is 0. The Morgan fingerprint density at radius 3 is 0.938 bits per heavy atom. The molecule has 0 amide bonds. The van der Waals surface area contributed by atoms with Gasteiger partial charge in [-0.3, -0.25) is 4.90 Å². The van der Waals surface area contributed by atoms with Gasteiger partial charge in [-0.15, -0.1) is 38.6 Å². The van der Waals surface area contributed by atoms with Gasteiger partial charge in [-0.1, -0.05) is 36.4 Å². The van der Waals surface area contributed by atoms with E-state index in [1.165, 1.54) is 11.1 Å². The third-order valence-electron chi connectivity index (χ3n) is 10.7. The van der Waals surface area contributed by atoms with Gasteiger partial charge in [0.05, 0.1) is 28.8 Å². The Labute approximate surface area is 587 Å². The average molecular weight is 2060 g/mol. The van der Waals surface area contributed by atoms with Crippen molar-refractivity contribution in [2.45, 2.75) is 19.6 Å². The van der Waals surface area contributed by atoms with Crippen LogP contribution in [0.15, 0.2) is 72.8 Å². The third kappa shape index (κ3) is 58.0. The van der Waals surface area contributed by atoms with Crippen molar-refractivity contribution >= 4 is 154 Å². The van der Waals surface area contributed by atoms with Crippen LogP contribution in [-0.2, 0) is 58.3 Å². The van der Waals surface area contributed by atoms with E-state index in [4.69, 9.17) is 76.5 Å². The van der Waals surface area contributed by atoms with Gasteiger partial charge in [-0.2, -0.15) is 62.9 Å². The molecule has 0 saturated carbocycles. The predicted octanol–water partition coefficient (Wildman–Crippen LogP) is 7.06. The van der Waals surface area contributed by atoms with Crippen LogP contribution >= 0.6 is 148 Å². The third-order valence-corrected chi connectivity index (χ3v) is 10.7. The number of aromatic carboxylic acids is 1. The van der Waals surface area contributed by atoms with Crippen LogP contribution in [-0.4, -0.2) is 183 Å². The van der Waals surface area contributed by atoms with Gasteiger partial charge in [0.1, 0.15) is 0 Å². The van der Waals surface area contributed by atoms with Gasteiger partial charge in [-0.25, -0.2) is 4.79 Å². The Balaban J connectivity index is -0.000000980. The van der Waals surface area contributed by atoms with Crippen LogP contribution in [0.5, 0.6) is 0 Å². The molecule has 0 aromatic heterocycles. The summed E-state index contributed by atoms with van der Waals surface area (Å²) in [6.07, 6.45) is 0. The number of halogens is 13. The Morgan fingerprint density at radius 1 is 0.463 bits per heavy atom. The maximum absolute atomic E-state index is 10.9. The molecule has 3 aliphatic heterocycles. The number of nitrogens with zero attached hydrogens (tertiary/aromatic N) is 11. The summed E-state index contributed by atoms with van der Waals surface area (Å²) >= 11 is 11.7. The zero-order chi connectivity index (χ0) is 58.7. The fourth-order valence-corrected chi connectivity index (χ4v) is 6.99. The zero-order valence-electron chi connectivity index (χ0n) is 43.7. The molecule has 3 aliphatic rings. The van der Waals surface area contributed by atoms with E-state index in [0.29, 0.717) is 76.3 Å². The van der Waals surface area contributed by atoms with E-state index in [0.717, 1.165) is 188 Å². The van der Waals surface area contributed by atoms with Crippen LogP contribution in [0.25, 0.3) is 31.9 Å². The predicted molar refractivity (Wildman–Crippen MR) is 357 cm³/mol. The molecule has 0 spiro atoms. The number of benzene rings is 3. The Kier molecular flexibility index (Phi) is 76.8. The number of carboxylic acids is 1. The molecule has 3 aromatic rings. The van der Waals surface area contributed by atoms with Gasteiger partial charge in [0.25, 0.3) is 0 Å². The van der Waals surface area contributed by atoms with E-state index in [1.54, 1.807) is 12.1 Å². The number of hydrogen-bond acceptors (Lipinski definition) is 9. The van der Waals surface area contributed by atoms with Gasteiger partial charge >= 0.3 is 206 Å². The molecule has 3 aromatic carbocycles. The van der Waals surface area contributed by atoms with E-state index < -0.39 is 5.97 Å². The second kappa shape index (κ2) is 70.0. The second-order valence-electron chi connectivity index (χ2n) is 16.0. The average Bonchev–Trinajstić information content (AvgIpc) is 3.43. The molecule has 6 rings (SSSR count). The molecule has 16 nitrogen and oxygen atoms in total. The monoisotopic (exact) mass is 2060 g/mol. The zero-order valence-corrected chi connectivity index (χ0v) is 65.2. The first-order valence-electron chi connectivity index (χ1n) is 24.2. The summed E-state index contributed by atoms with van der Waals surface area (Å²) in [5.41, 5.74) is 5.38. The first kappa shape index (κ1) is 87.8. The van der Waals surface area contributed by atoms with Crippen LogP contribution in [0.3, 0.4) is 0 Å². The van der Waals surface area contributed by atoms with Crippen LogP contribution in [0.1, 0.15) is 38.2 Å². The van der Waals surface area contributed by atoms with Crippen molar-refractivity contribution in [1.29, 1.82) is 10.5 Å². The summed E-state index contributed by atoms with van der Waals surface area (Å²) in [6.45, 7) is 24.3. The summed E-state index contributed by atoms with van der Waals surface area (Å²) in [6, 6.07) is 27.1. The number of rotatable bonds is 7. The van der Waals surface area contributed by atoms with Crippen molar-refractivity contribution in [3.63, 3.8) is 0 Å². The molecule has 3 fully saturated rings. The number of carboxylic acid groups (broad SMARTS) is 1. The van der Waals surface area contributed by atoms with Crippen molar-refractivity contribution < 1.29 is 75.1 Å². The van der Waals surface area contributed by atoms with Crippen molar-refractivity contribution in [3.8, 4) is 12.1 Å². The van der Waals surface area contributed by atoms with Crippen LogP contribution < -0.4 is 42.5 Å². The van der Waals surface area contributed by atoms with E-state index in [2.05, 4.69) is 161 Å². The van der Waals surface area contributed by atoms with Gasteiger partial charge in [0.2, 0.25) is 0 Å². The molecule has 0 unspecified atom stereocenters. The minimum absolute atomic E-state index is 0. The molecule has 471 valence electrons. The Bertz CT molecular complexity index is 1770. The number of hydrogen-bond donors (Lipinski definition) is 4. The Hall–Kier alpha value is 3.56. The molecule has 3 saturated heterocycles. The molecule has 0 radical (unpaired) electrons. The Morgan fingerprint density at radius 2 is 0.688 bits per heavy atom. The van der Waals surface area contributed by atoms with Crippen LogP contribution in [0, 0.1) is 22.7 Å². The first-order valence-corrected chi connectivity index (χ1v) is 58.0. The first-order chi connectivity index (χ1) is 38.6. The van der Waals surface area contributed by atoms with Crippen LogP contribution in [0.2, 0.25) is 0 Å².